The Kier molecular flexibility index (Phi) is 6.15. The lowest BCUT2D eigenvalue weighted by atomic mass is 10.1. The first-order valence-corrected chi connectivity index (χ1v) is 8.35. The quantitative estimate of drug-likeness (QED) is 0.634. The van der Waals surface area contributed by atoms with Gasteiger partial charge in [0, 0.05) is 35.3 Å². The fraction of sp³-hybridized carbons (Fsp3) is 0.188. The maximum absolute atomic E-state index is 11.8. The summed E-state index contributed by atoms with van der Waals surface area (Å²) in [4.78, 5) is 12.8. The van der Waals surface area contributed by atoms with Gasteiger partial charge in [-0.15, -0.1) is 11.8 Å². The SMILES string of the molecule is CN(C)NC(=O)c1ccc(CSc2cc(Cl)ccc2Cl)cc1. The summed E-state index contributed by atoms with van der Waals surface area (Å²) in [6, 6.07) is 12.9. The highest BCUT2D eigenvalue weighted by atomic mass is 35.5. The molecule has 6 heteroatoms. The zero-order chi connectivity index (χ0) is 16.1. The summed E-state index contributed by atoms with van der Waals surface area (Å²) < 4.78 is 0. The fourth-order valence-electron chi connectivity index (χ4n) is 1.77. The predicted molar refractivity (Wildman–Crippen MR) is 93.6 cm³/mol. The molecule has 0 saturated carbocycles. The summed E-state index contributed by atoms with van der Waals surface area (Å²) in [6.45, 7) is 0. The van der Waals surface area contributed by atoms with Crippen LogP contribution in [0.15, 0.2) is 47.4 Å². The highest BCUT2D eigenvalue weighted by Crippen LogP contribution is 2.32. The van der Waals surface area contributed by atoms with E-state index in [4.69, 9.17) is 23.2 Å². The molecule has 0 heterocycles. The van der Waals surface area contributed by atoms with Gasteiger partial charge in [0.05, 0.1) is 5.02 Å². The van der Waals surface area contributed by atoms with Crippen LogP contribution in [-0.2, 0) is 5.75 Å². The minimum Gasteiger partial charge on any atom is -0.285 e. The lowest BCUT2D eigenvalue weighted by Crippen LogP contribution is -2.36. The van der Waals surface area contributed by atoms with Crippen LogP contribution in [0.5, 0.6) is 0 Å². The maximum atomic E-state index is 11.8. The van der Waals surface area contributed by atoms with Gasteiger partial charge in [0.25, 0.3) is 5.91 Å². The Morgan fingerprint density at radius 1 is 1.14 bits per heavy atom. The van der Waals surface area contributed by atoms with Crippen LogP contribution in [0, 0.1) is 0 Å². The van der Waals surface area contributed by atoms with Gasteiger partial charge in [-0.05, 0) is 35.9 Å². The van der Waals surface area contributed by atoms with Crippen molar-refractivity contribution in [1.29, 1.82) is 0 Å². The van der Waals surface area contributed by atoms with Crippen molar-refractivity contribution in [1.82, 2.24) is 10.4 Å². The zero-order valence-electron chi connectivity index (χ0n) is 12.3. The van der Waals surface area contributed by atoms with E-state index in [2.05, 4.69) is 5.43 Å². The van der Waals surface area contributed by atoms with Gasteiger partial charge in [-0.2, -0.15) is 0 Å². The molecule has 0 atom stereocenters. The van der Waals surface area contributed by atoms with Gasteiger partial charge >= 0.3 is 0 Å². The second kappa shape index (κ2) is 7.88. The first kappa shape index (κ1) is 17.2. The number of thioether (sulfide) groups is 1. The number of carbonyl (C=O) groups is 1. The lowest BCUT2D eigenvalue weighted by Gasteiger charge is -2.12. The van der Waals surface area contributed by atoms with E-state index in [0.29, 0.717) is 15.6 Å². The molecule has 0 aliphatic rings. The fourth-order valence-corrected chi connectivity index (χ4v) is 3.22. The number of carbonyl (C=O) groups excluding carboxylic acids is 1. The monoisotopic (exact) mass is 354 g/mol. The van der Waals surface area contributed by atoms with Crippen LogP contribution in [0.4, 0.5) is 0 Å². The normalized spacial score (nSPS) is 10.8. The Hall–Kier alpha value is -1.20. The van der Waals surface area contributed by atoms with Gasteiger partial charge in [-0.25, -0.2) is 5.01 Å². The van der Waals surface area contributed by atoms with E-state index in [1.807, 2.05) is 30.3 Å². The number of nitrogens with zero attached hydrogens (tertiary/aromatic N) is 1. The average Bonchev–Trinajstić information content (AvgIpc) is 2.48. The molecule has 0 aliphatic heterocycles. The first-order valence-electron chi connectivity index (χ1n) is 6.61. The Bertz CT molecular complexity index is 660. The second-order valence-electron chi connectivity index (χ2n) is 4.90. The standard InChI is InChI=1S/C16H16Cl2N2OS/c1-20(2)19-16(21)12-5-3-11(4-6-12)10-22-15-9-13(17)7-8-14(15)18/h3-9H,10H2,1-2H3,(H,19,21). The summed E-state index contributed by atoms with van der Waals surface area (Å²) in [6.07, 6.45) is 0. The van der Waals surface area contributed by atoms with Gasteiger partial charge < -0.3 is 0 Å². The number of hydrogen-bond acceptors (Lipinski definition) is 3. The number of hydrogen-bond donors (Lipinski definition) is 1. The summed E-state index contributed by atoms with van der Waals surface area (Å²) in [5.74, 6) is 0.636. The van der Waals surface area contributed by atoms with Gasteiger partial charge in [-0.1, -0.05) is 35.3 Å². The molecule has 0 spiro atoms. The summed E-state index contributed by atoms with van der Waals surface area (Å²) in [5.41, 5.74) is 4.45. The van der Waals surface area contributed by atoms with E-state index in [0.717, 1.165) is 16.2 Å². The molecule has 0 fully saturated rings. The van der Waals surface area contributed by atoms with Crippen molar-refractivity contribution in [3.63, 3.8) is 0 Å². The highest BCUT2D eigenvalue weighted by Gasteiger charge is 2.07. The summed E-state index contributed by atoms with van der Waals surface area (Å²) in [7, 11) is 3.55. The van der Waals surface area contributed by atoms with Crippen molar-refractivity contribution >= 4 is 40.9 Å². The molecule has 0 aliphatic carbocycles. The third kappa shape index (κ3) is 4.92. The molecule has 1 amide bonds. The van der Waals surface area contributed by atoms with E-state index in [-0.39, 0.29) is 5.91 Å². The van der Waals surface area contributed by atoms with Gasteiger partial charge in [0.15, 0.2) is 0 Å². The van der Waals surface area contributed by atoms with E-state index in [1.165, 1.54) is 0 Å². The third-order valence-corrected chi connectivity index (χ3v) is 4.63. The molecule has 0 saturated heterocycles. The highest BCUT2D eigenvalue weighted by molar-refractivity contribution is 7.98. The number of halogens is 2. The second-order valence-corrected chi connectivity index (χ2v) is 6.76. The molecule has 0 aromatic heterocycles. The number of benzene rings is 2. The van der Waals surface area contributed by atoms with Crippen LogP contribution in [0.1, 0.15) is 15.9 Å². The topological polar surface area (TPSA) is 32.3 Å². The Morgan fingerprint density at radius 3 is 2.45 bits per heavy atom. The number of nitrogens with one attached hydrogen (secondary N) is 1. The molecular weight excluding hydrogens is 339 g/mol. The molecule has 2 aromatic carbocycles. The zero-order valence-corrected chi connectivity index (χ0v) is 14.6. The number of amides is 1. The lowest BCUT2D eigenvalue weighted by molar-refractivity contribution is 0.0857. The molecule has 0 unspecified atom stereocenters. The molecule has 116 valence electrons. The molecule has 0 radical (unpaired) electrons. The van der Waals surface area contributed by atoms with Crippen LogP contribution in [-0.4, -0.2) is 25.0 Å². The van der Waals surface area contributed by atoms with Crippen molar-refractivity contribution in [2.45, 2.75) is 10.6 Å². The molecule has 22 heavy (non-hydrogen) atoms. The Balaban J connectivity index is 1.99. The van der Waals surface area contributed by atoms with E-state index in [9.17, 15) is 4.79 Å². The van der Waals surface area contributed by atoms with Crippen molar-refractivity contribution < 1.29 is 4.79 Å². The maximum Gasteiger partial charge on any atom is 0.265 e. The largest absolute Gasteiger partial charge is 0.285 e. The van der Waals surface area contributed by atoms with Crippen molar-refractivity contribution in [3.05, 3.63) is 63.6 Å². The van der Waals surface area contributed by atoms with Crippen molar-refractivity contribution in [2.75, 3.05) is 14.1 Å². The van der Waals surface area contributed by atoms with Crippen LogP contribution in [0.25, 0.3) is 0 Å². The van der Waals surface area contributed by atoms with Crippen LogP contribution < -0.4 is 5.43 Å². The van der Waals surface area contributed by atoms with Crippen LogP contribution in [0.2, 0.25) is 10.0 Å². The molecule has 2 rings (SSSR count). The van der Waals surface area contributed by atoms with Crippen molar-refractivity contribution in [3.8, 4) is 0 Å². The molecule has 3 nitrogen and oxygen atoms in total. The van der Waals surface area contributed by atoms with E-state index >= 15 is 0 Å². The van der Waals surface area contributed by atoms with Crippen LogP contribution >= 0.6 is 35.0 Å². The van der Waals surface area contributed by atoms with Crippen molar-refractivity contribution in [2.24, 2.45) is 0 Å². The van der Waals surface area contributed by atoms with Crippen LogP contribution in [0.3, 0.4) is 0 Å². The predicted octanol–water partition coefficient (Wildman–Crippen LogP) is 4.49. The van der Waals surface area contributed by atoms with E-state index in [1.54, 1.807) is 43.0 Å². The molecular formula is C16H16Cl2N2OS. The molecule has 0 bridgehead atoms. The van der Waals surface area contributed by atoms with Gasteiger partial charge in [0.1, 0.15) is 0 Å². The number of hydrazine groups is 1. The summed E-state index contributed by atoms with van der Waals surface area (Å²) >= 11 is 13.7. The number of rotatable bonds is 5. The average molecular weight is 355 g/mol. The van der Waals surface area contributed by atoms with Gasteiger partial charge in [0.2, 0.25) is 0 Å². The minimum absolute atomic E-state index is 0.123. The third-order valence-electron chi connectivity index (χ3n) is 2.83. The first-order chi connectivity index (χ1) is 10.5. The minimum atomic E-state index is -0.123. The smallest absolute Gasteiger partial charge is 0.265 e. The molecule has 2 aromatic rings. The summed E-state index contributed by atoms with van der Waals surface area (Å²) in [5, 5.41) is 2.98. The Labute approximate surface area is 144 Å². The Morgan fingerprint density at radius 2 is 1.82 bits per heavy atom. The van der Waals surface area contributed by atoms with E-state index < -0.39 is 0 Å². The molecule has 1 N–H and O–H groups in total. The van der Waals surface area contributed by atoms with Gasteiger partial charge in [-0.3, -0.25) is 10.2 Å².